The summed E-state index contributed by atoms with van der Waals surface area (Å²) >= 11 is 5.92. The van der Waals surface area contributed by atoms with E-state index < -0.39 is 0 Å². The Morgan fingerprint density at radius 1 is 1.03 bits per heavy atom. The summed E-state index contributed by atoms with van der Waals surface area (Å²) in [4.78, 5) is 19.1. The highest BCUT2D eigenvalue weighted by Crippen LogP contribution is 2.44. The third kappa shape index (κ3) is 5.04. The van der Waals surface area contributed by atoms with Crippen molar-refractivity contribution in [2.24, 2.45) is 5.92 Å². The molecule has 200 valence electrons. The quantitative estimate of drug-likeness (QED) is 0.266. The Morgan fingerprint density at radius 2 is 1.74 bits per heavy atom. The summed E-state index contributed by atoms with van der Waals surface area (Å²) in [7, 11) is 0. The molecule has 3 heterocycles. The van der Waals surface area contributed by atoms with Gasteiger partial charge in [0.15, 0.2) is 5.11 Å². The molecule has 2 N–H and O–H groups in total. The molecule has 1 aliphatic heterocycles. The van der Waals surface area contributed by atoms with Gasteiger partial charge < -0.3 is 20.1 Å². The SMILES string of the molecule is Cc1cc(N2C(=S)NC(c3ccccn3)C2c2cc(C)n(-c3ccc(F)cc3)c2C)ccc1NC(=O)C(C)C. The summed E-state index contributed by atoms with van der Waals surface area (Å²) < 4.78 is 15.8. The first-order valence-electron chi connectivity index (χ1n) is 13.0. The van der Waals surface area contributed by atoms with E-state index in [-0.39, 0.29) is 29.7 Å². The van der Waals surface area contributed by atoms with Gasteiger partial charge in [-0.15, -0.1) is 0 Å². The van der Waals surface area contributed by atoms with Crippen molar-refractivity contribution in [1.82, 2.24) is 14.9 Å². The van der Waals surface area contributed by atoms with Crippen molar-refractivity contribution in [2.45, 2.75) is 46.7 Å². The lowest BCUT2D eigenvalue weighted by Gasteiger charge is -2.29. The number of hydrogen-bond donors (Lipinski definition) is 2. The number of benzene rings is 2. The normalized spacial score (nSPS) is 17.0. The van der Waals surface area contributed by atoms with Crippen LogP contribution in [0.5, 0.6) is 0 Å². The molecule has 5 rings (SSSR count). The molecule has 6 nitrogen and oxygen atoms in total. The number of carbonyl (C=O) groups excluding carboxylic acids is 1. The van der Waals surface area contributed by atoms with Crippen molar-refractivity contribution < 1.29 is 9.18 Å². The molecule has 0 bridgehead atoms. The summed E-state index contributed by atoms with van der Waals surface area (Å²) in [6, 6.07) is 20.2. The van der Waals surface area contributed by atoms with Crippen LogP contribution in [0, 0.1) is 32.5 Å². The zero-order valence-corrected chi connectivity index (χ0v) is 23.5. The van der Waals surface area contributed by atoms with Crippen LogP contribution in [-0.4, -0.2) is 20.6 Å². The lowest BCUT2D eigenvalue weighted by atomic mass is 9.96. The molecule has 1 fully saturated rings. The number of nitrogens with one attached hydrogen (secondary N) is 2. The number of amides is 1. The van der Waals surface area contributed by atoms with Gasteiger partial charge in [0.2, 0.25) is 5.91 Å². The second-order valence-electron chi connectivity index (χ2n) is 10.3. The first kappa shape index (κ1) is 26.6. The van der Waals surface area contributed by atoms with Crippen molar-refractivity contribution in [2.75, 3.05) is 10.2 Å². The molecule has 2 unspecified atom stereocenters. The van der Waals surface area contributed by atoms with Crippen LogP contribution in [0.4, 0.5) is 15.8 Å². The molecular formula is C31H32FN5OS. The molecule has 1 amide bonds. The van der Waals surface area contributed by atoms with Crippen LogP contribution in [-0.2, 0) is 4.79 Å². The molecule has 8 heteroatoms. The van der Waals surface area contributed by atoms with Crippen LogP contribution in [0.3, 0.4) is 0 Å². The first-order valence-corrected chi connectivity index (χ1v) is 13.4. The lowest BCUT2D eigenvalue weighted by Crippen LogP contribution is -2.29. The Labute approximate surface area is 233 Å². The molecule has 0 saturated carbocycles. The number of hydrogen-bond acceptors (Lipinski definition) is 3. The zero-order chi connectivity index (χ0) is 27.8. The van der Waals surface area contributed by atoms with Gasteiger partial charge in [0.05, 0.1) is 17.8 Å². The molecule has 39 heavy (non-hydrogen) atoms. The average molecular weight is 542 g/mol. The van der Waals surface area contributed by atoms with E-state index in [2.05, 4.69) is 51.1 Å². The number of aromatic nitrogens is 2. The van der Waals surface area contributed by atoms with Gasteiger partial charge in [-0.25, -0.2) is 4.39 Å². The van der Waals surface area contributed by atoms with Crippen molar-refractivity contribution >= 4 is 34.6 Å². The topological polar surface area (TPSA) is 62.2 Å². The van der Waals surface area contributed by atoms with Crippen LogP contribution in [0.2, 0.25) is 0 Å². The fourth-order valence-corrected chi connectivity index (χ4v) is 5.58. The third-order valence-electron chi connectivity index (χ3n) is 7.24. The van der Waals surface area contributed by atoms with E-state index in [0.29, 0.717) is 5.11 Å². The van der Waals surface area contributed by atoms with Crippen LogP contribution in [0.1, 0.15) is 54.1 Å². The Hall–Kier alpha value is -4.04. The summed E-state index contributed by atoms with van der Waals surface area (Å²) in [6.07, 6.45) is 1.79. The van der Waals surface area contributed by atoms with Crippen molar-refractivity contribution in [3.63, 3.8) is 0 Å². The van der Waals surface area contributed by atoms with E-state index in [1.54, 1.807) is 18.3 Å². The van der Waals surface area contributed by atoms with Crippen LogP contribution in [0.15, 0.2) is 72.9 Å². The monoisotopic (exact) mass is 541 g/mol. The van der Waals surface area contributed by atoms with Crippen LogP contribution < -0.4 is 15.5 Å². The van der Waals surface area contributed by atoms with Gasteiger partial charge in [0, 0.05) is 40.6 Å². The predicted molar refractivity (Wildman–Crippen MR) is 158 cm³/mol. The minimum Gasteiger partial charge on any atom is -0.351 e. The molecule has 0 aliphatic carbocycles. The van der Waals surface area contributed by atoms with E-state index in [4.69, 9.17) is 12.2 Å². The number of aryl methyl sites for hydroxylation is 2. The summed E-state index contributed by atoms with van der Waals surface area (Å²) in [5.74, 6) is -0.401. The Kier molecular flexibility index (Phi) is 7.23. The number of anilines is 2. The molecule has 1 aliphatic rings. The summed E-state index contributed by atoms with van der Waals surface area (Å²) in [5, 5.41) is 7.13. The van der Waals surface area contributed by atoms with Crippen molar-refractivity contribution in [1.29, 1.82) is 0 Å². The van der Waals surface area contributed by atoms with E-state index in [1.165, 1.54) is 12.1 Å². The second kappa shape index (κ2) is 10.6. The zero-order valence-electron chi connectivity index (χ0n) is 22.7. The highest BCUT2D eigenvalue weighted by molar-refractivity contribution is 7.80. The van der Waals surface area contributed by atoms with E-state index in [0.717, 1.165) is 45.3 Å². The fraction of sp³-hybridized carbons (Fsp3) is 0.258. The first-order chi connectivity index (χ1) is 18.7. The van der Waals surface area contributed by atoms with Gasteiger partial charge >= 0.3 is 0 Å². The van der Waals surface area contributed by atoms with E-state index in [1.807, 2.05) is 51.1 Å². The van der Waals surface area contributed by atoms with Crippen molar-refractivity contribution in [3.8, 4) is 5.69 Å². The van der Waals surface area contributed by atoms with Crippen LogP contribution >= 0.6 is 12.2 Å². The highest BCUT2D eigenvalue weighted by Gasteiger charge is 2.42. The van der Waals surface area contributed by atoms with Gasteiger partial charge in [-0.2, -0.15) is 0 Å². The average Bonchev–Trinajstić information content (AvgIpc) is 3.41. The minimum absolute atomic E-state index is 0.0227. The number of halogens is 1. The van der Waals surface area contributed by atoms with Crippen molar-refractivity contribution in [3.05, 3.63) is 107 Å². The Balaban J connectivity index is 1.61. The van der Waals surface area contributed by atoms with E-state index in [9.17, 15) is 9.18 Å². The second-order valence-corrected chi connectivity index (χ2v) is 10.7. The number of rotatable bonds is 6. The fourth-order valence-electron chi connectivity index (χ4n) is 5.24. The maximum atomic E-state index is 13.7. The molecule has 1 saturated heterocycles. The highest BCUT2D eigenvalue weighted by atomic mass is 32.1. The predicted octanol–water partition coefficient (Wildman–Crippen LogP) is 6.71. The Morgan fingerprint density at radius 3 is 2.38 bits per heavy atom. The maximum Gasteiger partial charge on any atom is 0.226 e. The van der Waals surface area contributed by atoms with Gasteiger partial charge in [-0.3, -0.25) is 9.78 Å². The minimum atomic E-state index is -0.267. The van der Waals surface area contributed by atoms with Gasteiger partial charge in [0.1, 0.15) is 5.82 Å². The smallest absolute Gasteiger partial charge is 0.226 e. The molecule has 2 atom stereocenters. The number of pyridine rings is 1. The molecule has 2 aromatic heterocycles. The van der Waals surface area contributed by atoms with Crippen LogP contribution in [0.25, 0.3) is 5.69 Å². The largest absolute Gasteiger partial charge is 0.351 e. The summed E-state index contributed by atoms with van der Waals surface area (Å²) in [5.41, 5.74) is 7.60. The van der Waals surface area contributed by atoms with E-state index >= 15 is 0 Å². The number of nitrogens with zero attached hydrogens (tertiary/aromatic N) is 3. The molecule has 2 aromatic carbocycles. The number of thiocarbonyl (C=S) groups is 1. The number of carbonyl (C=O) groups is 1. The van der Waals surface area contributed by atoms with Gasteiger partial charge in [-0.05, 0) is 105 Å². The third-order valence-corrected chi connectivity index (χ3v) is 7.56. The Bertz CT molecular complexity index is 1530. The maximum absolute atomic E-state index is 13.7. The van der Waals surface area contributed by atoms with Gasteiger partial charge in [0.25, 0.3) is 0 Å². The molecule has 4 aromatic rings. The molecule has 0 spiro atoms. The molecular weight excluding hydrogens is 509 g/mol. The molecule has 0 radical (unpaired) electrons. The standard InChI is InChI=1S/C31H32FN5OS/c1-18(2)30(38)34-26-14-13-24(16-19(26)3)37-29(28(35-31(37)39)27-8-6-7-15-33-27)25-17-20(4)36(21(25)5)23-11-9-22(32)10-12-23/h6-18,28-29H,1-5H3,(H,34,38)(H,35,39). The lowest BCUT2D eigenvalue weighted by molar-refractivity contribution is -0.118. The van der Waals surface area contributed by atoms with Gasteiger partial charge in [-0.1, -0.05) is 19.9 Å². The summed E-state index contributed by atoms with van der Waals surface area (Å²) in [6.45, 7) is 9.86.